The molecule has 0 N–H and O–H groups in total. The van der Waals surface area contributed by atoms with Crippen molar-refractivity contribution in [3.63, 3.8) is 0 Å². The van der Waals surface area contributed by atoms with Crippen molar-refractivity contribution in [1.29, 1.82) is 0 Å². The number of fused-ring (bicyclic) bond motifs is 4. The highest BCUT2D eigenvalue weighted by atomic mass is 32.1. The zero-order valence-corrected chi connectivity index (χ0v) is 26.2. The van der Waals surface area contributed by atoms with Gasteiger partial charge < -0.3 is 0 Å². The lowest BCUT2D eigenvalue weighted by atomic mass is 10.00. The summed E-state index contributed by atoms with van der Waals surface area (Å²) in [7, 11) is 0. The number of aromatic nitrogens is 3. The molecular formula is C43H27N3S. The Balaban J connectivity index is 1.12. The molecule has 47 heavy (non-hydrogen) atoms. The molecule has 0 atom stereocenters. The van der Waals surface area contributed by atoms with E-state index in [2.05, 4.69) is 133 Å². The lowest BCUT2D eigenvalue weighted by molar-refractivity contribution is 1.07. The minimum Gasteiger partial charge on any atom is -0.208 e. The predicted molar refractivity (Wildman–Crippen MR) is 197 cm³/mol. The molecule has 7 aromatic carbocycles. The van der Waals surface area contributed by atoms with Crippen LogP contribution in [0.25, 0.3) is 87.4 Å². The maximum absolute atomic E-state index is 5.04. The van der Waals surface area contributed by atoms with E-state index in [1.807, 2.05) is 41.7 Å². The van der Waals surface area contributed by atoms with E-state index in [-0.39, 0.29) is 0 Å². The van der Waals surface area contributed by atoms with Crippen molar-refractivity contribution >= 4 is 42.3 Å². The maximum Gasteiger partial charge on any atom is 0.164 e. The van der Waals surface area contributed by atoms with Crippen molar-refractivity contribution in [3.05, 3.63) is 164 Å². The molecule has 2 heterocycles. The molecule has 0 unspecified atom stereocenters. The van der Waals surface area contributed by atoms with E-state index in [0.29, 0.717) is 17.5 Å². The molecule has 220 valence electrons. The average molecular weight is 618 g/mol. The fourth-order valence-corrected chi connectivity index (χ4v) is 7.44. The molecule has 0 aliphatic rings. The molecule has 3 nitrogen and oxygen atoms in total. The van der Waals surface area contributed by atoms with Crippen molar-refractivity contribution < 1.29 is 0 Å². The molecule has 0 fully saturated rings. The van der Waals surface area contributed by atoms with Gasteiger partial charge in [-0.2, -0.15) is 0 Å². The van der Waals surface area contributed by atoms with Crippen LogP contribution in [0.2, 0.25) is 0 Å². The largest absolute Gasteiger partial charge is 0.208 e. The molecule has 0 spiro atoms. The number of rotatable bonds is 5. The summed E-state index contributed by atoms with van der Waals surface area (Å²) in [6.07, 6.45) is 0. The smallest absolute Gasteiger partial charge is 0.164 e. The number of benzene rings is 7. The molecular weight excluding hydrogens is 591 g/mol. The van der Waals surface area contributed by atoms with Crippen LogP contribution in [0.4, 0.5) is 0 Å². The molecule has 9 rings (SSSR count). The summed E-state index contributed by atoms with van der Waals surface area (Å²) in [6, 6.07) is 57.6. The summed E-state index contributed by atoms with van der Waals surface area (Å²) in [4.78, 5) is 15.0. The highest BCUT2D eigenvalue weighted by molar-refractivity contribution is 7.25. The van der Waals surface area contributed by atoms with E-state index >= 15 is 0 Å². The van der Waals surface area contributed by atoms with Gasteiger partial charge in [0.2, 0.25) is 0 Å². The van der Waals surface area contributed by atoms with E-state index in [0.717, 1.165) is 22.3 Å². The summed E-state index contributed by atoms with van der Waals surface area (Å²) in [5.74, 6) is 1.98. The zero-order valence-electron chi connectivity index (χ0n) is 25.3. The van der Waals surface area contributed by atoms with E-state index in [4.69, 9.17) is 15.0 Å². The quantitative estimate of drug-likeness (QED) is 0.193. The van der Waals surface area contributed by atoms with E-state index in [9.17, 15) is 0 Å². The number of hydrogen-bond acceptors (Lipinski definition) is 4. The zero-order chi connectivity index (χ0) is 31.2. The maximum atomic E-state index is 5.04. The van der Waals surface area contributed by atoms with Gasteiger partial charge in [0.25, 0.3) is 0 Å². The van der Waals surface area contributed by atoms with Gasteiger partial charge in [0.1, 0.15) is 0 Å². The van der Waals surface area contributed by atoms with Gasteiger partial charge >= 0.3 is 0 Å². The molecule has 2 aromatic heterocycles. The molecule has 0 aliphatic heterocycles. The second-order valence-electron chi connectivity index (χ2n) is 11.7. The van der Waals surface area contributed by atoms with Crippen LogP contribution in [-0.2, 0) is 0 Å². The Hall–Kier alpha value is -5.97. The first-order valence-electron chi connectivity index (χ1n) is 15.7. The molecule has 0 saturated heterocycles. The average Bonchev–Trinajstić information content (AvgIpc) is 3.52. The van der Waals surface area contributed by atoms with Gasteiger partial charge in [-0.05, 0) is 51.2 Å². The fraction of sp³-hybridized carbons (Fsp3) is 0. The first-order valence-corrected chi connectivity index (χ1v) is 16.5. The fourth-order valence-electron chi connectivity index (χ4n) is 6.26. The Morgan fingerprint density at radius 3 is 1.40 bits per heavy atom. The van der Waals surface area contributed by atoms with Gasteiger partial charge in [0.05, 0.1) is 0 Å². The van der Waals surface area contributed by atoms with Crippen molar-refractivity contribution in [1.82, 2.24) is 15.0 Å². The predicted octanol–water partition coefficient (Wildman–Crippen LogP) is 11.7. The second kappa shape index (κ2) is 11.4. The van der Waals surface area contributed by atoms with Gasteiger partial charge in [0.15, 0.2) is 17.5 Å². The minimum absolute atomic E-state index is 0.655. The van der Waals surface area contributed by atoms with E-state index < -0.39 is 0 Å². The highest BCUT2D eigenvalue weighted by Crippen LogP contribution is 2.38. The summed E-state index contributed by atoms with van der Waals surface area (Å²) in [5.41, 5.74) is 7.68. The van der Waals surface area contributed by atoms with Crippen LogP contribution < -0.4 is 0 Å². The Bertz CT molecular complexity index is 2550. The lowest BCUT2D eigenvalue weighted by Crippen LogP contribution is -2.00. The SMILES string of the molecule is c1ccc(-c2ccc3c(c2)sc2cc(-c4nc(-c5ccccc5)nc(-c5ccc(-c6ccc7ccccc7c6)cc5)n4)ccc23)cc1. The van der Waals surface area contributed by atoms with Crippen LogP contribution in [0.3, 0.4) is 0 Å². The van der Waals surface area contributed by atoms with Crippen LogP contribution in [0.15, 0.2) is 164 Å². The van der Waals surface area contributed by atoms with Crippen LogP contribution in [0.1, 0.15) is 0 Å². The number of thiophene rings is 1. The highest BCUT2D eigenvalue weighted by Gasteiger charge is 2.15. The number of nitrogens with zero attached hydrogens (tertiary/aromatic N) is 3. The Morgan fingerprint density at radius 1 is 0.298 bits per heavy atom. The van der Waals surface area contributed by atoms with Gasteiger partial charge in [0, 0.05) is 36.9 Å². The van der Waals surface area contributed by atoms with E-state index in [1.54, 1.807) is 0 Å². The van der Waals surface area contributed by atoms with E-state index in [1.165, 1.54) is 47.6 Å². The van der Waals surface area contributed by atoms with Crippen molar-refractivity contribution in [2.75, 3.05) is 0 Å². The van der Waals surface area contributed by atoms with Gasteiger partial charge in [-0.15, -0.1) is 11.3 Å². The molecule has 9 aromatic rings. The van der Waals surface area contributed by atoms with Gasteiger partial charge in [-0.3, -0.25) is 0 Å². The van der Waals surface area contributed by atoms with Crippen LogP contribution >= 0.6 is 11.3 Å². The Morgan fingerprint density at radius 2 is 0.723 bits per heavy atom. The molecule has 0 radical (unpaired) electrons. The molecule has 0 amide bonds. The third-order valence-electron chi connectivity index (χ3n) is 8.73. The van der Waals surface area contributed by atoms with Crippen LogP contribution in [-0.4, -0.2) is 15.0 Å². The third kappa shape index (κ3) is 5.15. The minimum atomic E-state index is 0.655. The topological polar surface area (TPSA) is 38.7 Å². The van der Waals surface area contributed by atoms with Crippen molar-refractivity contribution in [2.24, 2.45) is 0 Å². The Kier molecular flexibility index (Phi) is 6.65. The number of hydrogen-bond donors (Lipinski definition) is 0. The standard InChI is InChI=1S/C43H27N3S/c1-3-9-28(10-4-1)35-21-23-37-38-24-22-36(27-40(38)47-39(37)26-35)43-45-41(31-12-5-2-6-13-31)44-42(46-43)32-18-15-30(16-19-32)34-20-17-29-11-7-8-14-33(29)25-34/h1-27H. The normalized spacial score (nSPS) is 11.4. The lowest BCUT2D eigenvalue weighted by Gasteiger charge is -2.09. The van der Waals surface area contributed by atoms with Gasteiger partial charge in [-0.1, -0.05) is 146 Å². The first kappa shape index (κ1) is 27.3. The monoisotopic (exact) mass is 617 g/mol. The summed E-state index contributed by atoms with van der Waals surface area (Å²) in [6.45, 7) is 0. The first-order chi connectivity index (χ1) is 23.2. The molecule has 0 aliphatic carbocycles. The van der Waals surface area contributed by atoms with Gasteiger partial charge in [-0.25, -0.2) is 15.0 Å². The second-order valence-corrected chi connectivity index (χ2v) is 12.8. The summed E-state index contributed by atoms with van der Waals surface area (Å²) >= 11 is 1.81. The van der Waals surface area contributed by atoms with Crippen molar-refractivity contribution in [3.8, 4) is 56.4 Å². The van der Waals surface area contributed by atoms with Crippen molar-refractivity contribution in [2.45, 2.75) is 0 Å². The summed E-state index contributed by atoms with van der Waals surface area (Å²) in [5, 5.41) is 4.99. The molecule has 0 saturated carbocycles. The summed E-state index contributed by atoms with van der Waals surface area (Å²) < 4.78 is 2.48. The Labute approximate surface area is 276 Å². The van der Waals surface area contributed by atoms with Crippen LogP contribution in [0, 0.1) is 0 Å². The molecule has 4 heteroatoms. The molecule has 0 bridgehead atoms. The van der Waals surface area contributed by atoms with Crippen LogP contribution in [0.5, 0.6) is 0 Å². The third-order valence-corrected chi connectivity index (χ3v) is 9.85.